The number of carbonyl (C=O) groups is 1. The molecule has 3 aromatic rings. The molecule has 1 aromatic heterocycles. The van der Waals surface area contributed by atoms with E-state index in [1.165, 1.54) is 13.2 Å². The molecule has 0 bridgehead atoms. The predicted molar refractivity (Wildman–Crippen MR) is 163 cm³/mol. The summed E-state index contributed by atoms with van der Waals surface area (Å²) in [5.74, 6) is 0.153. The van der Waals surface area contributed by atoms with E-state index in [1.54, 1.807) is 18.2 Å². The van der Waals surface area contributed by atoms with E-state index < -0.39 is 6.17 Å². The molecule has 11 heteroatoms. The summed E-state index contributed by atoms with van der Waals surface area (Å²) in [4.78, 5) is 28.6. The SMILES string of the molecule is CCc1c(F)ccc2cc(O)cc(N3CCc4c(nc(OC[C@@]56CCCN5C[C@H](F)C6)nc4N4CCC(C(=O)OC)C4)C3)c12. The Kier molecular flexibility index (Phi) is 7.46. The number of hydrogen-bond donors (Lipinski definition) is 1. The number of esters is 1. The summed E-state index contributed by atoms with van der Waals surface area (Å²) in [7, 11) is 1.41. The number of anilines is 2. The van der Waals surface area contributed by atoms with Crippen LogP contribution in [-0.4, -0.2) is 84.1 Å². The van der Waals surface area contributed by atoms with Crippen LogP contribution in [0.5, 0.6) is 11.8 Å². The van der Waals surface area contributed by atoms with Crippen molar-refractivity contribution >= 4 is 28.2 Å². The molecule has 0 radical (unpaired) electrons. The minimum absolute atomic E-state index is 0.119. The zero-order valence-electron chi connectivity index (χ0n) is 25.3. The van der Waals surface area contributed by atoms with Crippen LogP contribution in [0, 0.1) is 11.7 Å². The molecule has 0 saturated carbocycles. The van der Waals surface area contributed by atoms with Crippen LogP contribution in [0.25, 0.3) is 10.8 Å². The molecule has 0 amide bonds. The van der Waals surface area contributed by atoms with E-state index in [4.69, 9.17) is 19.4 Å². The number of hydrogen-bond acceptors (Lipinski definition) is 9. The van der Waals surface area contributed by atoms with Gasteiger partial charge in [-0.05, 0) is 61.7 Å². The average molecular weight is 608 g/mol. The Labute approximate surface area is 255 Å². The van der Waals surface area contributed by atoms with Crippen molar-refractivity contribution in [2.45, 2.75) is 63.7 Å². The third-order valence-corrected chi connectivity index (χ3v) is 10.1. The Morgan fingerprint density at radius 2 is 2.02 bits per heavy atom. The highest BCUT2D eigenvalue weighted by Crippen LogP contribution is 2.42. The monoisotopic (exact) mass is 607 g/mol. The highest BCUT2D eigenvalue weighted by molar-refractivity contribution is 5.98. The van der Waals surface area contributed by atoms with Gasteiger partial charge in [-0.3, -0.25) is 9.69 Å². The largest absolute Gasteiger partial charge is 0.508 e. The van der Waals surface area contributed by atoms with Gasteiger partial charge in [-0.2, -0.15) is 9.97 Å². The van der Waals surface area contributed by atoms with Crippen molar-refractivity contribution < 1.29 is 28.2 Å². The van der Waals surface area contributed by atoms with Crippen LogP contribution in [0.15, 0.2) is 24.3 Å². The maximum Gasteiger partial charge on any atom is 0.318 e. The number of carbonyl (C=O) groups excluding carboxylic acids is 1. The van der Waals surface area contributed by atoms with E-state index in [-0.39, 0.29) is 35.0 Å². The molecule has 234 valence electrons. The Morgan fingerprint density at radius 1 is 1.16 bits per heavy atom. The second-order valence-electron chi connectivity index (χ2n) is 12.7. The van der Waals surface area contributed by atoms with Gasteiger partial charge in [0.05, 0.1) is 30.8 Å². The topological polar surface area (TPSA) is 91.3 Å². The summed E-state index contributed by atoms with van der Waals surface area (Å²) in [5.41, 5.74) is 2.83. The lowest BCUT2D eigenvalue weighted by Crippen LogP contribution is -2.43. The van der Waals surface area contributed by atoms with Crippen molar-refractivity contribution in [2.24, 2.45) is 5.92 Å². The standard InChI is InChI=1S/C33H39F2N5O4/c1-3-24-26(35)6-5-20-13-23(41)14-28(29(20)24)38-12-8-25-27(18-38)36-32(37-30(25)39-11-7-21(16-39)31(42)43-2)44-19-33-9-4-10-40(33)17-22(34)15-33/h5-6,13-14,21-22,41H,3-4,7-12,15-19H2,1-2H3/t21?,22-,33+/m1/s1. The molecule has 9 nitrogen and oxygen atoms in total. The number of aromatic hydroxyl groups is 1. The summed E-state index contributed by atoms with van der Waals surface area (Å²) in [5, 5.41) is 12.2. The number of methoxy groups -OCH3 is 1. The maximum absolute atomic E-state index is 14.9. The quantitative estimate of drug-likeness (QED) is 0.389. The van der Waals surface area contributed by atoms with Crippen LogP contribution >= 0.6 is 0 Å². The first kappa shape index (κ1) is 29.0. The van der Waals surface area contributed by atoms with Crippen molar-refractivity contribution in [3.8, 4) is 11.8 Å². The van der Waals surface area contributed by atoms with Gasteiger partial charge in [0.15, 0.2) is 0 Å². The van der Waals surface area contributed by atoms with Crippen LogP contribution in [-0.2, 0) is 28.9 Å². The smallest absolute Gasteiger partial charge is 0.318 e. The third kappa shape index (κ3) is 4.98. The Balaban J connectivity index is 1.25. The van der Waals surface area contributed by atoms with Crippen molar-refractivity contribution in [2.75, 3.05) is 56.2 Å². The normalized spacial score (nSPS) is 25.0. The average Bonchev–Trinajstić information content (AvgIpc) is 3.73. The van der Waals surface area contributed by atoms with E-state index in [0.717, 1.165) is 52.9 Å². The van der Waals surface area contributed by atoms with Gasteiger partial charge >= 0.3 is 12.0 Å². The van der Waals surface area contributed by atoms with E-state index >= 15 is 0 Å². The number of nitrogens with zero attached hydrogens (tertiary/aromatic N) is 5. The molecular weight excluding hydrogens is 568 g/mol. The number of phenols is 1. The van der Waals surface area contributed by atoms with Gasteiger partial charge < -0.3 is 24.4 Å². The van der Waals surface area contributed by atoms with E-state index in [0.29, 0.717) is 70.6 Å². The third-order valence-electron chi connectivity index (χ3n) is 10.1. The number of halogens is 2. The number of ether oxygens (including phenoxy) is 2. The highest BCUT2D eigenvalue weighted by Gasteiger charge is 2.49. The number of alkyl halides is 1. The number of aryl methyl sites for hydroxylation is 1. The van der Waals surface area contributed by atoms with Crippen LogP contribution in [0.3, 0.4) is 0 Å². The molecule has 0 spiro atoms. The first-order valence-electron chi connectivity index (χ1n) is 15.7. The van der Waals surface area contributed by atoms with Crippen molar-refractivity contribution in [3.05, 3.63) is 46.9 Å². The van der Waals surface area contributed by atoms with Crippen LogP contribution < -0.4 is 14.5 Å². The van der Waals surface area contributed by atoms with Crippen molar-refractivity contribution in [1.82, 2.24) is 14.9 Å². The van der Waals surface area contributed by atoms with E-state index in [1.807, 2.05) is 6.92 Å². The lowest BCUT2D eigenvalue weighted by atomic mass is 9.95. The zero-order valence-corrected chi connectivity index (χ0v) is 25.3. The molecule has 2 aromatic carbocycles. The van der Waals surface area contributed by atoms with Gasteiger partial charge in [-0.1, -0.05) is 13.0 Å². The fourth-order valence-electron chi connectivity index (χ4n) is 7.95. The minimum Gasteiger partial charge on any atom is -0.508 e. The maximum atomic E-state index is 14.9. The van der Waals surface area contributed by atoms with Crippen LogP contribution in [0.4, 0.5) is 20.3 Å². The number of phenolic OH excluding ortho intramolecular Hbond substituents is 1. The molecule has 3 atom stereocenters. The molecule has 3 saturated heterocycles. The molecule has 0 aliphatic carbocycles. The molecule has 4 aliphatic rings. The molecule has 3 fully saturated rings. The Morgan fingerprint density at radius 3 is 2.84 bits per heavy atom. The Bertz CT molecular complexity index is 1600. The van der Waals surface area contributed by atoms with Gasteiger partial charge in [0, 0.05) is 55.3 Å². The second-order valence-corrected chi connectivity index (χ2v) is 12.7. The van der Waals surface area contributed by atoms with E-state index in [9.17, 15) is 18.7 Å². The number of rotatable bonds is 7. The lowest BCUT2D eigenvalue weighted by molar-refractivity contribution is -0.144. The predicted octanol–water partition coefficient (Wildman–Crippen LogP) is 4.55. The Hall–Kier alpha value is -3.73. The number of aromatic nitrogens is 2. The first-order valence-corrected chi connectivity index (χ1v) is 15.7. The summed E-state index contributed by atoms with van der Waals surface area (Å²) in [6.45, 7) is 5.74. The van der Waals surface area contributed by atoms with Crippen molar-refractivity contribution in [1.29, 1.82) is 0 Å². The molecule has 1 unspecified atom stereocenters. The van der Waals surface area contributed by atoms with Gasteiger partial charge in [0.2, 0.25) is 0 Å². The minimum atomic E-state index is -0.859. The molecule has 5 heterocycles. The van der Waals surface area contributed by atoms with Gasteiger partial charge in [0.1, 0.15) is 30.2 Å². The second kappa shape index (κ2) is 11.3. The fourth-order valence-corrected chi connectivity index (χ4v) is 7.95. The van der Waals surface area contributed by atoms with Crippen LogP contribution in [0.1, 0.15) is 49.4 Å². The molecular formula is C33H39F2N5O4. The highest BCUT2D eigenvalue weighted by atomic mass is 19.1. The molecule has 44 heavy (non-hydrogen) atoms. The molecule has 1 N–H and O–H groups in total. The van der Waals surface area contributed by atoms with Gasteiger partial charge in [0.25, 0.3) is 0 Å². The lowest BCUT2D eigenvalue weighted by Gasteiger charge is -2.34. The first-order chi connectivity index (χ1) is 21.3. The molecule has 4 aliphatic heterocycles. The van der Waals surface area contributed by atoms with Crippen molar-refractivity contribution in [3.63, 3.8) is 0 Å². The molecule has 7 rings (SSSR count). The summed E-state index contributed by atoms with van der Waals surface area (Å²) >= 11 is 0. The van der Waals surface area contributed by atoms with Gasteiger partial charge in [-0.25, -0.2) is 8.78 Å². The summed E-state index contributed by atoms with van der Waals surface area (Å²) in [6, 6.07) is 6.78. The summed E-state index contributed by atoms with van der Waals surface area (Å²) in [6.07, 6.45) is 3.30. The number of fused-ring (bicyclic) bond motifs is 3. The zero-order chi connectivity index (χ0) is 30.6. The summed E-state index contributed by atoms with van der Waals surface area (Å²) < 4.78 is 40.7. The number of benzene rings is 2. The van der Waals surface area contributed by atoms with Crippen LogP contribution in [0.2, 0.25) is 0 Å². The van der Waals surface area contributed by atoms with E-state index in [2.05, 4.69) is 14.7 Å². The van der Waals surface area contributed by atoms with Gasteiger partial charge in [-0.15, -0.1) is 0 Å². The fraction of sp³-hybridized carbons (Fsp3) is 0.545.